The molecule has 4 amide bonds. The number of hydrogen-bond acceptors (Lipinski definition) is 19. The number of morpholine rings is 1. The Hall–Kier alpha value is -5.06. The predicted octanol–water partition coefficient (Wildman–Crippen LogP) is 0.321. The van der Waals surface area contributed by atoms with Crippen LogP contribution in [0.2, 0.25) is 0 Å². The van der Waals surface area contributed by atoms with Crippen molar-refractivity contribution in [3.05, 3.63) is 36.0 Å². The van der Waals surface area contributed by atoms with E-state index < -0.39 is 60.4 Å². The Morgan fingerprint density at radius 1 is 0.662 bits per heavy atom. The second-order valence-corrected chi connectivity index (χ2v) is 19.7. The van der Waals surface area contributed by atoms with Gasteiger partial charge in [0.05, 0.1) is 156 Å². The lowest BCUT2D eigenvalue weighted by Crippen LogP contribution is -2.60. The van der Waals surface area contributed by atoms with Gasteiger partial charge < -0.3 is 73.4 Å². The highest BCUT2D eigenvalue weighted by Gasteiger charge is 2.50. The van der Waals surface area contributed by atoms with E-state index in [1.54, 1.807) is 49.2 Å². The third-order valence-electron chi connectivity index (χ3n) is 12.1. The predicted molar refractivity (Wildman–Crippen MR) is 277 cm³/mol. The van der Waals surface area contributed by atoms with Crippen molar-refractivity contribution in [3.8, 4) is 11.3 Å². The number of ketones is 1. The zero-order valence-electron chi connectivity index (χ0n) is 46.0. The maximum absolute atomic E-state index is 13.3. The maximum atomic E-state index is 13.3. The van der Waals surface area contributed by atoms with Gasteiger partial charge in [-0.2, -0.15) is 0 Å². The number of amides is 4. The largest absolute Gasteiger partial charge is 0.411 e. The molecule has 77 heavy (non-hydrogen) atoms. The number of epoxide rings is 1. The molecule has 434 valence electrons. The first kappa shape index (κ1) is 64.5. The highest BCUT2D eigenvalue weighted by atomic mass is 16.6. The molecule has 2 fully saturated rings. The molecular formula is C52H85N8O17+. The number of methoxy groups -OCH3 is 1. The van der Waals surface area contributed by atoms with E-state index in [1.807, 2.05) is 27.7 Å². The fourth-order valence-corrected chi connectivity index (χ4v) is 7.73. The van der Waals surface area contributed by atoms with Gasteiger partial charge in [0.1, 0.15) is 30.4 Å². The van der Waals surface area contributed by atoms with Crippen LogP contribution in [0.3, 0.4) is 0 Å². The molecule has 0 radical (unpaired) electrons. The van der Waals surface area contributed by atoms with E-state index >= 15 is 0 Å². The van der Waals surface area contributed by atoms with Crippen molar-refractivity contribution >= 4 is 35.4 Å². The lowest BCUT2D eigenvalue weighted by Gasteiger charge is -2.39. The first-order chi connectivity index (χ1) is 37.1. The quantitative estimate of drug-likeness (QED) is 0.0301. The first-order valence-electron chi connectivity index (χ1n) is 26.6. The lowest BCUT2D eigenvalue weighted by atomic mass is 9.93. The molecule has 2 aliphatic heterocycles. The molecule has 0 saturated carbocycles. The molecule has 1 aromatic heterocycles. The number of Topliss-reactive ketones (excluding diaryl/α,β-unsaturated/α-hetero) is 1. The summed E-state index contributed by atoms with van der Waals surface area (Å²) < 4.78 is 61.7. The van der Waals surface area contributed by atoms with Crippen molar-refractivity contribution < 1.29 is 85.4 Å². The summed E-state index contributed by atoms with van der Waals surface area (Å²) >= 11 is 0. The van der Waals surface area contributed by atoms with Crippen LogP contribution in [0, 0.1) is 11.8 Å². The summed E-state index contributed by atoms with van der Waals surface area (Å²) in [5.74, 6) is -2.86. The molecule has 2 aromatic rings. The Morgan fingerprint density at radius 3 is 1.65 bits per heavy atom. The summed E-state index contributed by atoms with van der Waals surface area (Å²) in [6.45, 7) is 17.7. The van der Waals surface area contributed by atoms with Crippen LogP contribution < -0.4 is 21.3 Å². The maximum Gasteiger partial charge on any atom is 0.342 e. The van der Waals surface area contributed by atoms with E-state index in [-0.39, 0.29) is 41.8 Å². The summed E-state index contributed by atoms with van der Waals surface area (Å²) in [7, 11) is 1.63. The van der Waals surface area contributed by atoms with Gasteiger partial charge in [0.15, 0.2) is 12.3 Å². The normalized spacial score (nSPS) is 16.7. The summed E-state index contributed by atoms with van der Waals surface area (Å²) in [6.07, 6.45) is 2.47. The monoisotopic (exact) mass is 1090 g/mol. The van der Waals surface area contributed by atoms with E-state index in [0.29, 0.717) is 156 Å². The van der Waals surface area contributed by atoms with E-state index in [0.717, 1.165) is 5.56 Å². The molecule has 1 aromatic carbocycles. The Morgan fingerprint density at radius 2 is 1.14 bits per heavy atom. The molecule has 4 rings (SSSR count). The fourth-order valence-electron chi connectivity index (χ4n) is 7.73. The SMILES string of the molecule is COCCOCCOCCOCCOCCOCCOCCOCCn1cc(-c2ccc(C(=O)OC[N+]3(CC(=O)NCC(=O)N[C@@H](CC(C)C)C(=O)NCC(=O)N[C@@H](CC(C)C)C(=O)[C@@]4(C)CO4)CCOCC3)cc2)nn1. The van der Waals surface area contributed by atoms with Crippen LogP contribution >= 0.6 is 0 Å². The zero-order chi connectivity index (χ0) is 55.7. The third kappa shape index (κ3) is 26.4. The number of nitrogens with one attached hydrogen (secondary N) is 4. The van der Waals surface area contributed by atoms with Crippen molar-refractivity contribution in [2.75, 3.05) is 165 Å². The van der Waals surface area contributed by atoms with Crippen molar-refractivity contribution in [1.82, 2.24) is 36.3 Å². The molecule has 3 heterocycles. The summed E-state index contributed by atoms with van der Waals surface area (Å²) in [5, 5.41) is 19.0. The van der Waals surface area contributed by atoms with Gasteiger partial charge in [0, 0.05) is 12.7 Å². The van der Waals surface area contributed by atoms with Gasteiger partial charge in [0.2, 0.25) is 24.5 Å². The van der Waals surface area contributed by atoms with Crippen LogP contribution in [0.1, 0.15) is 57.8 Å². The molecule has 3 atom stereocenters. The molecule has 0 spiro atoms. The number of ether oxygens (including phenoxy) is 11. The van der Waals surface area contributed by atoms with Crippen molar-refractivity contribution in [1.29, 1.82) is 0 Å². The second kappa shape index (κ2) is 36.2. The molecule has 25 nitrogen and oxygen atoms in total. The summed E-state index contributed by atoms with van der Waals surface area (Å²) in [5.41, 5.74) is 0.747. The van der Waals surface area contributed by atoms with Crippen molar-refractivity contribution in [2.45, 2.75) is 71.7 Å². The van der Waals surface area contributed by atoms with Gasteiger partial charge in [-0.25, -0.2) is 9.48 Å². The number of aromatic nitrogens is 3. The van der Waals surface area contributed by atoms with Gasteiger partial charge in [-0.3, -0.25) is 28.5 Å². The van der Waals surface area contributed by atoms with E-state index in [1.165, 1.54) is 0 Å². The van der Waals surface area contributed by atoms with Crippen LogP contribution in [0.4, 0.5) is 0 Å². The highest BCUT2D eigenvalue weighted by Crippen LogP contribution is 2.29. The standard InChI is InChI=1S/C52H84N8O17/c1-39(2)31-43(49(64)52(5)37-77-52)55-47(62)34-54-50(65)44(32-40(3)4)56-46(61)33-53-48(63)36-60(12-15-69-16-13-60)38-76-51(66)42-9-7-41(8-10-42)45-35-59(58-57-45)11-14-68-19-20-71-23-24-73-27-28-75-30-29-74-26-25-72-22-21-70-18-17-67-6/h7-10,35,39-40,43-44H,11-34,36-38H2,1-6H3,(H3-,53,54,55,56,61,62,63,65)/p+1/t43-,44-,52+/m0/s1. The fraction of sp³-hybridized carbons (Fsp3) is 0.731. The first-order valence-corrected chi connectivity index (χ1v) is 26.6. The molecule has 25 heteroatoms. The molecular weight excluding hydrogens is 1010 g/mol. The Balaban J connectivity index is 1.07. The van der Waals surface area contributed by atoms with Crippen LogP contribution in [-0.4, -0.2) is 238 Å². The van der Waals surface area contributed by atoms with Gasteiger partial charge in [-0.1, -0.05) is 45.0 Å². The van der Waals surface area contributed by atoms with Crippen LogP contribution in [0.15, 0.2) is 30.5 Å². The minimum Gasteiger partial charge on any atom is -0.411 e. The number of hydrogen-bond donors (Lipinski definition) is 4. The molecule has 0 bridgehead atoms. The number of rotatable bonds is 43. The molecule has 0 unspecified atom stereocenters. The number of carbonyl (C=O) groups is 6. The Kier molecular flexibility index (Phi) is 30.3. The third-order valence-corrected chi connectivity index (χ3v) is 12.1. The number of nitrogens with zero attached hydrogens (tertiary/aromatic N) is 4. The average Bonchev–Trinajstić information content (AvgIpc) is 4.00. The average molecular weight is 1090 g/mol. The summed E-state index contributed by atoms with van der Waals surface area (Å²) in [6, 6.07) is 5.01. The molecule has 2 aliphatic rings. The Labute approximate surface area is 452 Å². The molecule has 2 saturated heterocycles. The molecule has 4 N–H and O–H groups in total. The van der Waals surface area contributed by atoms with E-state index in [2.05, 4.69) is 31.6 Å². The van der Waals surface area contributed by atoms with Crippen molar-refractivity contribution in [2.24, 2.45) is 11.8 Å². The lowest BCUT2D eigenvalue weighted by molar-refractivity contribution is -0.943. The Bertz CT molecular complexity index is 2050. The van der Waals surface area contributed by atoms with E-state index in [9.17, 15) is 28.8 Å². The smallest absolute Gasteiger partial charge is 0.342 e. The van der Waals surface area contributed by atoms with Gasteiger partial charge in [-0.05, 0) is 43.7 Å². The zero-order valence-corrected chi connectivity index (χ0v) is 46.0. The number of benzene rings is 1. The number of quaternary nitrogens is 1. The topological polar surface area (TPSA) is 286 Å². The van der Waals surface area contributed by atoms with Gasteiger partial charge >= 0.3 is 5.97 Å². The van der Waals surface area contributed by atoms with Crippen LogP contribution in [-0.2, 0) is 82.6 Å². The van der Waals surface area contributed by atoms with E-state index in [4.69, 9.17) is 52.1 Å². The van der Waals surface area contributed by atoms with Gasteiger partial charge in [-0.15, -0.1) is 5.10 Å². The minimum absolute atomic E-state index is 0.000204. The minimum atomic E-state index is -0.989. The number of carbonyl (C=O) groups excluding carboxylic acids is 6. The number of esters is 1. The van der Waals surface area contributed by atoms with Gasteiger partial charge in [0.25, 0.3) is 5.91 Å². The van der Waals surface area contributed by atoms with Crippen LogP contribution in [0.25, 0.3) is 11.3 Å². The van der Waals surface area contributed by atoms with Crippen molar-refractivity contribution in [3.63, 3.8) is 0 Å². The molecule has 0 aliphatic carbocycles. The highest BCUT2D eigenvalue weighted by molar-refractivity contribution is 5.97. The second-order valence-electron chi connectivity index (χ2n) is 19.7. The summed E-state index contributed by atoms with van der Waals surface area (Å²) in [4.78, 5) is 78.6. The van der Waals surface area contributed by atoms with Crippen LogP contribution in [0.5, 0.6) is 0 Å².